The minimum Gasteiger partial charge on any atom is -0.480 e. The Morgan fingerprint density at radius 3 is 2.35 bits per heavy atom. The fourth-order valence-corrected chi connectivity index (χ4v) is 1.68. The van der Waals surface area contributed by atoms with Gasteiger partial charge in [-0.15, -0.1) is 12.4 Å². The van der Waals surface area contributed by atoms with Gasteiger partial charge in [0.15, 0.2) is 0 Å². The van der Waals surface area contributed by atoms with Crippen LogP contribution in [-0.4, -0.2) is 26.0 Å². The van der Waals surface area contributed by atoms with E-state index in [0.29, 0.717) is 11.3 Å². The summed E-state index contributed by atoms with van der Waals surface area (Å²) in [7, 11) is 0. The summed E-state index contributed by atoms with van der Waals surface area (Å²) in [5.41, 5.74) is 6.04. The number of nitrogens with zero attached hydrogens (tertiary/aromatic N) is 2. The van der Waals surface area contributed by atoms with Crippen LogP contribution in [-0.2, 0) is 11.3 Å². The van der Waals surface area contributed by atoms with Crippen molar-refractivity contribution in [1.82, 2.24) is 9.13 Å². The molecule has 0 bridgehead atoms. The number of nitrogen functional groups attached to an aromatic ring is 1. The third-order valence-corrected chi connectivity index (χ3v) is 2.61. The van der Waals surface area contributed by atoms with Gasteiger partial charge in [0.25, 0.3) is 0 Å². The predicted molar refractivity (Wildman–Crippen MR) is 75.9 cm³/mol. The van der Waals surface area contributed by atoms with Crippen molar-refractivity contribution >= 4 is 24.2 Å². The Morgan fingerprint density at radius 1 is 1.25 bits per heavy atom. The highest BCUT2D eigenvalue weighted by Gasteiger charge is 2.08. The predicted octanol–water partition coefficient (Wildman–Crippen LogP) is 0.429. The number of amidine groups is 1. The van der Waals surface area contributed by atoms with E-state index >= 15 is 0 Å². The van der Waals surface area contributed by atoms with Crippen LogP contribution in [0.5, 0.6) is 0 Å². The summed E-state index contributed by atoms with van der Waals surface area (Å²) in [5, 5.41) is 15.9. The largest absolute Gasteiger partial charge is 0.480 e. The van der Waals surface area contributed by atoms with Gasteiger partial charge in [-0.25, -0.2) is 4.79 Å². The van der Waals surface area contributed by atoms with E-state index in [1.165, 1.54) is 17.0 Å². The molecule has 0 aliphatic rings. The van der Waals surface area contributed by atoms with Crippen LogP contribution in [0.4, 0.5) is 0 Å². The third kappa shape index (κ3) is 3.07. The topological polar surface area (TPSA) is 114 Å². The number of benzene rings is 1. The first-order chi connectivity index (χ1) is 8.99. The van der Waals surface area contributed by atoms with Gasteiger partial charge in [0, 0.05) is 18.0 Å². The zero-order chi connectivity index (χ0) is 14.0. The second-order valence-electron chi connectivity index (χ2n) is 3.93. The molecule has 7 nitrogen and oxygen atoms in total. The first-order valence-electron chi connectivity index (χ1n) is 5.43. The number of carboxylic acid groups (broad SMARTS) is 1. The van der Waals surface area contributed by atoms with Crippen LogP contribution in [0, 0.1) is 5.41 Å². The van der Waals surface area contributed by atoms with Gasteiger partial charge in [-0.2, -0.15) is 0 Å². The van der Waals surface area contributed by atoms with Crippen molar-refractivity contribution in [1.29, 1.82) is 5.41 Å². The number of imidazole rings is 1. The van der Waals surface area contributed by atoms with Gasteiger partial charge in [-0.05, 0) is 24.3 Å². The maximum absolute atomic E-state index is 11.9. The second kappa shape index (κ2) is 6.07. The van der Waals surface area contributed by atoms with E-state index < -0.39 is 11.7 Å². The highest BCUT2D eigenvalue weighted by molar-refractivity contribution is 5.95. The van der Waals surface area contributed by atoms with Crippen LogP contribution in [0.3, 0.4) is 0 Å². The fraction of sp³-hybridized carbons (Fsp3) is 0.0833. The summed E-state index contributed by atoms with van der Waals surface area (Å²) < 4.78 is 2.42. The number of carbonyl (C=O) groups is 1. The molecule has 0 atom stereocenters. The number of rotatable bonds is 4. The normalized spacial score (nSPS) is 9.80. The molecule has 1 aromatic carbocycles. The molecule has 106 valence electrons. The number of aliphatic carboxylic acids is 1. The van der Waals surface area contributed by atoms with Crippen LogP contribution < -0.4 is 11.4 Å². The molecule has 0 amide bonds. The molecule has 0 unspecified atom stereocenters. The number of nitrogens with one attached hydrogen (secondary N) is 1. The first-order valence-corrected chi connectivity index (χ1v) is 5.43. The van der Waals surface area contributed by atoms with Crippen molar-refractivity contribution < 1.29 is 9.90 Å². The van der Waals surface area contributed by atoms with Crippen molar-refractivity contribution in [2.75, 3.05) is 0 Å². The minimum absolute atomic E-state index is 0. The van der Waals surface area contributed by atoms with E-state index in [1.54, 1.807) is 24.3 Å². The molecule has 2 rings (SSSR count). The van der Waals surface area contributed by atoms with Gasteiger partial charge in [0.05, 0.1) is 5.69 Å². The summed E-state index contributed by atoms with van der Waals surface area (Å²) in [6, 6.07) is 6.53. The van der Waals surface area contributed by atoms with Gasteiger partial charge in [-0.1, -0.05) is 0 Å². The van der Waals surface area contributed by atoms with Crippen molar-refractivity contribution in [2.24, 2.45) is 5.73 Å². The van der Waals surface area contributed by atoms with Crippen LogP contribution >= 0.6 is 12.4 Å². The molecular weight excluding hydrogens is 284 g/mol. The zero-order valence-corrected chi connectivity index (χ0v) is 11.1. The molecule has 1 heterocycles. The van der Waals surface area contributed by atoms with E-state index in [0.717, 1.165) is 4.57 Å². The Balaban J connectivity index is 0.00000200. The van der Waals surface area contributed by atoms with E-state index in [1.807, 2.05) is 0 Å². The summed E-state index contributed by atoms with van der Waals surface area (Å²) in [6.45, 7) is -0.378. The molecule has 0 spiro atoms. The summed E-state index contributed by atoms with van der Waals surface area (Å²) in [5.74, 6) is -1.13. The molecule has 0 aliphatic heterocycles. The standard InChI is InChI=1S/C12H12N4O3.ClH/c13-11(14)8-1-3-9(4-2-8)16-6-5-15(12(16)19)7-10(17)18;/h1-6H,7H2,(H3,13,14)(H,17,18);1H. The molecule has 8 heteroatoms. The molecule has 0 aliphatic carbocycles. The molecule has 4 N–H and O–H groups in total. The van der Waals surface area contributed by atoms with Crippen molar-refractivity contribution in [3.05, 3.63) is 52.7 Å². The van der Waals surface area contributed by atoms with Crippen molar-refractivity contribution in [3.8, 4) is 5.69 Å². The Labute approximate surface area is 120 Å². The summed E-state index contributed by atoms with van der Waals surface area (Å²) >= 11 is 0. The Hall–Kier alpha value is -2.54. The molecule has 0 saturated carbocycles. The average molecular weight is 297 g/mol. The monoisotopic (exact) mass is 296 g/mol. The molecule has 20 heavy (non-hydrogen) atoms. The molecular formula is C12H13ClN4O3. The number of nitrogens with two attached hydrogens (primary N) is 1. The lowest BCUT2D eigenvalue weighted by Gasteiger charge is -2.03. The quantitative estimate of drug-likeness (QED) is 0.560. The smallest absolute Gasteiger partial charge is 0.333 e. The third-order valence-electron chi connectivity index (χ3n) is 2.61. The lowest BCUT2D eigenvalue weighted by Crippen LogP contribution is -2.25. The van der Waals surface area contributed by atoms with Crippen LogP contribution in [0.25, 0.3) is 5.69 Å². The summed E-state index contributed by atoms with van der Waals surface area (Å²) in [4.78, 5) is 22.5. The van der Waals surface area contributed by atoms with Crippen LogP contribution in [0.15, 0.2) is 41.5 Å². The highest BCUT2D eigenvalue weighted by Crippen LogP contribution is 2.07. The Kier molecular flexibility index (Phi) is 4.71. The SMILES string of the molecule is Cl.N=C(N)c1ccc(-n2ccn(CC(=O)O)c2=O)cc1. The lowest BCUT2D eigenvalue weighted by molar-refractivity contribution is -0.137. The molecule has 2 aromatic rings. The minimum atomic E-state index is -1.08. The number of hydrogen-bond acceptors (Lipinski definition) is 3. The van der Waals surface area contributed by atoms with Crippen molar-refractivity contribution in [3.63, 3.8) is 0 Å². The maximum atomic E-state index is 11.9. The zero-order valence-electron chi connectivity index (χ0n) is 10.3. The Bertz CT molecular complexity index is 687. The van der Waals surface area contributed by atoms with Gasteiger partial charge in [-0.3, -0.25) is 19.3 Å². The second-order valence-corrected chi connectivity index (χ2v) is 3.93. The molecule has 0 radical (unpaired) electrons. The van der Waals surface area contributed by atoms with Gasteiger partial charge < -0.3 is 10.8 Å². The van der Waals surface area contributed by atoms with E-state index in [2.05, 4.69) is 0 Å². The average Bonchev–Trinajstić information content (AvgIpc) is 2.70. The molecule has 0 fully saturated rings. The molecule has 1 aromatic heterocycles. The van der Waals surface area contributed by atoms with Gasteiger partial charge in [0.2, 0.25) is 0 Å². The number of halogens is 1. The van der Waals surface area contributed by atoms with Crippen LogP contribution in [0.2, 0.25) is 0 Å². The van der Waals surface area contributed by atoms with Crippen LogP contribution in [0.1, 0.15) is 5.56 Å². The number of hydrogen-bond donors (Lipinski definition) is 3. The molecule has 0 saturated heterocycles. The van der Waals surface area contributed by atoms with Crippen molar-refractivity contribution in [2.45, 2.75) is 6.54 Å². The van der Waals surface area contributed by atoms with Gasteiger partial charge in [0.1, 0.15) is 12.4 Å². The number of carboxylic acids is 1. The maximum Gasteiger partial charge on any atom is 0.333 e. The lowest BCUT2D eigenvalue weighted by atomic mass is 10.2. The Morgan fingerprint density at radius 2 is 1.85 bits per heavy atom. The van der Waals surface area contributed by atoms with E-state index in [4.69, 9.17) is 16.2 Å². The fourth-order valence-electron chi connectivity index (χ4n) is 1.68. The van der Waals surface area contributed by atoms with E-state index in [-0.39, 0.29) is 24.8 Å². The van der Waals surface area contributed by atoms with Gasteiger partial charge >= 0.3 is 11.7 Å². The summed E-state index contributed by atoms with van der Waals surface area (Å²) in [6.07, 6.45) is 2.91. The first kappa shape index (κ1) is 15.5. The van der Waals surface area contributed by atoms with E-state index in [9.17, 15) is 9.59 Å². The number of aromatic nitrogens is 2. The highest BCUT2D eigenvalue weighted by atomic mass is 35.5.